The van der Waals surface area contributed by atoms with Gasteiger partial charge in [-0.25, -0.2) is 0 Å². The van der Waals surface area contributed by atoms with E-state index in [0.29, 0.717) is 0 Å². The van der Waals surface area contributed by atoms with E-state index in [0.717, 1.165) is 6.54 Å². The molecule has 5 heavy (non-hydrogen) atoms. The first kappa shape index (κ1) is 16.8. The quantitative estimate of drug-likeness (QED) is 0.408. The normalized spacial score (nSPS) is 3.60. The molecule has 0 bridgehead atoms. The number of halogens is 2. The van der Waals surface area contributed by atoms with E-state index < -0.39 is 0 Å². The zero-order valence-corrected chi connectivity index (χ0v) is 6.34. The van der Waals surface area contributed by atoms with Crippen LogP contribution in [0.25, 0.3) is 0 Å². The molecule has 0 rings (SSSR count). The molecule has 0 atom stereocenters. The average molecular weight is 206 g/mol. The zero-order valence-electron chi connectivity index (χ0n) is 3.17. The van der Waals surface area contributed by atoms with Crippen LogP contribution in [0.1, 0.15) is 6.92 Å². The average Bonchev–Trinajstić information content (AvgIpc) is 0.918. The van der Waals surface area contributed by atoms with Crippen LogP contribution in [0.2, 0.25) is 0 Å². The summed E-state index contributed by atoms with van der Waals surface area (Å²) < 4.78 is 0. The molecule has 0 saturated heterocycles. The SMILES string of the molecule is CC[NH3+].[Br-].[Br-]. The predicted octanol–water partition coefficient (Wildman–Crippen LogP) is -6.74. The van der Waals surface area contributed by atoms with Crippen LogP contribution in [0.15, 0.2) is 0 Å². The van der Waals surface area contributed by atoms with E-state index in [1.807, 2.05) is 6.92 Å². The van der Waals surface area contributed by atoms with E-state index in [4.69, 9.17) is 0 Å². The van der Waals surface area contributed by atoms with Gasteiger partial charge in [0, 0.05) is 0 Å². The predicted molar refractivity (Wildman–Crippen MR) is 13.4 cm³/mol. The molecule has 0 aliphatic carbocycles. The van der Waals surface area contributed by atoms with Crippen molar-refractivity contribution in [3.63, 3.8) is 0 Å². The lowest BCUT2D eigenvalue weighted by atomic mass is 10.8. The lowest BCUT2D eigenvalue weighted by molar-refractivity contribution is -0.361. The molecule has 0 unspecified atom stereocenters. The molecule has 0 amide bonds. The largest absolute Gasteiger partial charge is 1.00 e. The Bertz CT molecular complexity index is 7.61. The zero-order chi connectivity index (χ0) is 2.71. The fourth-order valence-corrected chi connectivity index (χ4v) is 0. The Kier molecular flexibility index (Phi) is 68.9. The van der Waals surface area contributed by atoms with Crippen LogP contribution in [0, 0.1) is 0 Å². The Labute approximate surface area is 53.5 Å². The maximum absolute atomic E-state index is 3.49. The first-order valence-corrected chi connectivity index (χ1v) is 1.21. The van der Waals surface area contributed by atoms with Crippen LogP contribution < -0.4 is 39.7 Å². The molecular formula is C2H8Br2N-. The highest BCUT2D eigenvalue weighted by molar-refractivity contribution is 3.79. The van der Waals surface area contributed by atoms with Crippen molar-refractivity contribution in [3.05, 3.63) is 0 Å². The Morgan fingerprint density at radius 2 is 1.40 bits per heavy atom. The van der Waals surface area contributed by atoms with E-state index in [-0.39, 0.29) is 34.0 Å². The minimum Gasteiger partial charge on any atom is -1.00 e. The molecule has 0 saturated carbocycles. The number of rotatable bonds is 0. The summed E-state index contributed by atoms with van der Waals surface area (Å²) in [5.74, 6) is 0. The van der Waals surface area contributed by atoms with Gasteiger partial charge in [0.1, 0.15) is 0 Å². The molecular weight excluding hydrogens is 198 g/mol. The van der Waals surface area contributed by atoms with Crippen LogP contribution in [0.4, 0.5) is 0 Å². The molecule has 0 spiro atoms. The van der Waals surface area contributed by atoms with Crippen LogP contribution in [0.3, 0.4) is 0 Å². The van der Waals surface area contributed by atoms with Crippen molar-refractivity contribution in [1.82, 2.24) is 0 Å². The third kappa shape index (κ3) is 49.6. The van der Waals surface area contributed by atoms with Gasteiger partial charge in [0.25, 0.3) is 0 Å². The summed E-state index contributed by atoms with van der Waals surface area (Å²) in [6, 6.07) is 0. The number of hydrogen-bond acceptors (Lipinski definition) is 0. The van der Waals surface area contributed by atoms with Crippen LogP contribution in [-0.4, -0.2) is 6.54 Å². The second kappa shape index (κ2) is 20.5. The first-order valence-electron chi connectivity index (χ1n) is 1.21. The van der Waals surface area contributed by atoms with Gasteiger partial charge in [-0.15, -0.1) is 0 Å². The highest BCUT2D eigenvalue weighted by Crippen LogP contribution is 1.13. The third-order valence-corrected chi connectivity index (χ3v) is 0. The summed E-state index contributed by atoms with van der Waals surface area (Å²) in [6.07, 6.45) is 0. The number of quaternary nitrogens is 1. The summed E-state index contributed by atoms with van der Waals surface area (Å²) in [4.78, 5) is 0. The van der Waals surface area contributed by atoms with Crippen LogP contribution >= 0.6 is 0 Å². The lowest BCUT2D eigenvalue weighted by Gasteiger charge is -1.49. The lowest BCUT2D eigenvalue weighted by Crippen LogP contribution is -3.00. The maximum atomic E-state index is 3.49. The summed E-state index contributed by atoms with van der Waals surface area (Å²) in [7, 11) is 0. The highest BCUT2D eigenvalue weighted by atomic mass is 79.9. The highest BCUT2D eigenvalue weighted by Gasteiger charge is 1.37. The maximum Gasteiger partial charge on any atom is 0.0711 e. The standard InChI is InChI=1S/C2H7N.2BrH/c1-2-3;;/h2-3H2,1H3;2*1H/p-1. The van der Waals surface area contributed by atoms with Gasteiger partial charge in [-0.2, -0.15) is 0 Å². The van der Waals surface area contributed by atoms with Crippen LogP contribution in [0.5, 0.6) is 0 Å². The van der Waals surface area contributed by atoms with Gasteiger partial charge in [-0.1, -0.05) is 0 Å². The Morgan fingerprint density at radius 3 is 1.40 bits per heavy atom. The smallest absolute Gasteiger partial charge is 0.0711 e. The molecule has 0 heterocycles. The second-order valence-electron chi connectivity index (χ2n) is 0.500. The van der Waals surface area contributed by atoms with E-state index in [2.05, 4.69) is 5.73 Å². The Morgan fingerprint density at radius 1 is 1.40 bits per heavy atom. The van der Waals surface area contributed by atoms with E-state index in [1.165, 1.54) is 0 Å². The van der Waals surface area contributed by atoms with Crippen molar-refractivity contribution in [2.45, 2.75) is 6.92 Å². The molecule has 0 aromatic heterocycles. The Hall–Kier alpha value is 0.920. The molecule has 0 aromatic rings. The van der Waals surface area contributed by atoms with Gasteiger partial charge < -0.3 is 39.7 Å². The van der Waals surface area contributed by atoms with Crippen molar-refractivity contribution in [2.75, 3.05) is 6.54 Å². The molecule has 3 heteroatoms. The monoisotopic (exact) mass is 204 g/mol. The van der Waals surface area contributed by atoms with E-state index >= 15 is 0 Å². The first-order chi connectivity index (χ1) is 1.41. The van der Waals surface area contributed by atoms with Gasteiger partial charge >= 0.3 is 0 Å². The van der Waals surface area contributed by atoms with Gasteiger partial charge in [0.15, 0.2) is 0 Å². The van der Waals surface area contributed by atoms with Gasteiger partial charge in [-0.05, 0) is 6.92 Å². The summed E-state index contributed by atoms with van der Waals surface area (Å²) in [6.45, 7) is 3.01. The molecule has 1 nitrogen and oxygen atoms in total. The minimum absolute atomic E-state index is 0. The molecule has 0 aliphatic heterocycles. The van der Waals surface area contributed by atoms with E-state index in [9.17, 15) is 0 Å². The molecule has 0 aromatic carbocycles. The summed E-state index contributed by atoms with van der Waals surface area (Å²) in [5.41, 5.74) is 3.49. The van der Waals surface area contributed by atoms with Crippen molar-refractivity contribution >= 4 is 0 Å². The van der Waals surface area contributed by atoms with Crippen molar-refractivity contribution in [3.8, 4) is 0 Å². The fourth-order valence-electron chi connectivity index (χ4n) is 0. The topological polar surface area (TPSA) is 27.6 Å². The molecule has 3 N–H and O–H groups in total. The second-order valence-corrected chi connectivity index (χ2v) is 0.500. The van der Waals surface area contributed by atoms with Crippen molar-refractivity contribution < 1.29 is 39.7 Å². The van der Waals surface area contributed by atoms with Gasteiger partial charge in [0.2, 0.25) is 0 Å². The van der Waals surface area contributed by atoms with Gasteiger partial charge in [0.05, 0.1) is 6.54 Å². The third-order valence-electron chi connectivity index (χ3n) is 0. The van der Waals surface area contributed by atoms with Crippen molar-refractivity contribution in [1.29, 1.82) is 0 Å². The molecule has 0 radical (unpaired) electrons. The molecule has 36 valence electrons. The number of hydrogen-bond donors (Lipinski definition) is 1. The van der Waals surface area contributed by atoms with Crippen LogP contribution in [-0.2, 0) is 0 Å². The summed E-state index contributed by atoms with van der Waals surface area (Å²) in [5, 5.41) is 0. The summed E-state index contributed by atoms with van der Waals surface area (Å²) >= 11 is 0. The minimum atomic E-state index is 0. The fraction of sp³-hybridized carbons (Fsp3) is 1.00. The van der Waals surface area contributed by atoms with E-state index in [1.54, 1.807) is 0 Å². The Balaban J connectivity index is -0.0000000200. The van der Waals surface area contributed by atoms with Gasteiger partial charge in [-0.3, -0.25) is 0 Å². The van der Waals surface area contributed by atoms with Crippen molar-refractivity contribution in [2.24, 2.45) is 0 Å². The molecule has 0 fully saturated rings. The molecule has 0 aliphatic rings.